The zero-order chi connectivity index (χ0) is 13.8. The average Bonchev–Trinajstić information content (AvgIpc) is 2.36. The third-order valence-electron chi connectivity index (χ3n) is 2.24. The van der Waals surface area contributed by atoms with Crippen molar-refractivity contribution in [3.8, 4) is 6.07 Å². The lowest BCUT2D eigenvalue weighted by molar-refractivity contribution is -0.139. The number of rotatable bonds is 4. The van der Waals surface area contributed by atoms with Crippen LogP contribution in [0.3, 0.4) is 0 Å². The van der Waals surface area contributed by atoms with Gasteiger partial charge in [0, 0.05) is 0 Å². The van der Waals surface area contributed by atoms with Crippen LogP contribution in [0.1, 0.15) is 11.1 Å². The minimum absolute atomic E-state index is 0.0227. The molecule has 7 heteroatoms. The van der Waals surface area contributed by atoms with Crippen LogP contribution < -0.4 is 4.72 Å². The number of aryl methyl sites for hydroxylation is 1. The fourth-order valence-electron chi connectivity index (χ4n) is 1.26. The number of hydrogen-bond acceptors (Lipinski definition) is 5. The van der Waals surface area contributed by atoms with Crippen LogP contribution in [0.25, 0.3) is 0 Å². The first-order chi connectivity index (χ1) is 8.40. The zero-order valence-corrected chi connectivity index (χ0v) is 10.7. The molecule has 0 bridgehead atoms. The smallest absolute Gasteiger partial charge is 0.320 e. The predicted octanol–water partition coefficient (Wildman–Crippen LogP) is 0.318. The van der Waals surface area contributed by atoms with E-state index in [1.807, 2.05) is 6.07 Å². The third-order valence-corrected chi connectivity index (χ3v) is 3.78. The lowest BCUT2D eigenvalue weighted by Gasteiger charge is -2.08. The van der Waals surface area contributed by atoms with Crippen LogP contribution in [-0.4, -0.2) is 28.0 Å². The highest BCUT2D eigenvalue weighted by atomic mass is 32.2. The Balaban J connectivity index is 3.05. The first-order valence-corrected chi connectivity index (χ1v) is 6.46. The molecule has 0 saturated heterocycles. The first kappa shape index (κ1) is 14.2. The quantitative estimate of drug-likeness (QED) is 0.793. The molecule has 0 aliphatic rings. The minimum atomic E-state index is -3.83. The number of sulfonamides is 1. The molecule has 0 amide bonds. The van der Waals surface area contributed by atoms with Gasteiger partial charge in [-0.25, -0.2) is 8.42 Å². The van der Waals surface area contributed by atoms with Gasteiger partial charge >= 0.3 is 5.97 Å². The van der Waals surface area contributed by atoms with Gasteiger partial charge in [-0.3, -0.25) is 4.79 Å². The summed E-state index contributed by atoms with van der Waals surface area (Å²) in [5, 5.41) is 8.74. The molecule has 0 atom stereocenters. The fourth-order valence-corrected chi connectivity index (χ4v) is 2.50. The maximum Gasteiger partial charge on any atom is 0.320 e. The minimum Gasteiger partial charge on any atom is -0.468 e. The highest BCUT2D eigenvalue weighted by Crippen LogP contribution is 2.16. The van der Waals surface area contributed by atoms with Gasteiger partial charge in [0.1, 0.15) is 6.54 Å². The normalized spacial score (nSPS) is 10.7. The number of esters is 1. The molecule has 0 aromatic heterocycles. The van der Waals surface area contributed by atoms with Crippen molar-refractivity contribution in [1.29, 1.82) is 5.26 Å². The summed E-state index contributed by atoms with van der Waals surface area (Å²) in [7, 11) is -2.67. The van der Waals surface area contributed by atoms with Gasteiger partial charge in [0.25, 0.3) is 0 Å². The van der Waals surface area contributed by atoms with Crippen molar-refractivity contribution < 1.29 is 17.9 Å². The van der Waals surface area contributed by atoms with Crippen molar-refractivity contribution in [2.45, 2.75) is 11.8 Å². The van der Waals surface area contributed by atoms with E-state index in [1.54, 1.807) is 6.92 Å². The summed E-state index contributed by atoms with van der Waals surface area (Å²) in [5.41, 5.74) is 0.727. The SMILES string of the molecule is COC(=O)CNS(=O)(=O)c1cc(C#N)ccc1C. The van der Waals surface area contributed by atoms with Crippen LogP contribution >= 0.6 is 0 Å². The largest absolute Gasteiger partial charge is 0.468 e. The van der Waals surface area contributed by atoms with Gasteiger partial charge in [-0.15, -0.1) is 0 Å². The van der Waals surface area contributed by atoms with Gasteiger partial charge in [0.05, 0.1) is 23.6 Å². The van der Waals surface area contributed by atoms with Crippen LogP contribution in [0, 0.1) is 18.3 Å². The molecular weight excluding hydrogens is 256 g/mol. The van der Waals surface area contributed by atoms with Crippen molar-refractivity contribution in [2.75, 3.05) is 13.7 Å². The molecule has 1 aromatic rings. The van der Waals surface area contributed by atoms with Crippen LogP contribution in [0.4, 0.5) is 0 Å². The molecule has 0 spiro atoms. The number of hydrogen-bond donors (Lipinski definition) is 1. The molecule has 0 aliphatic heterocycles. The van der Waals surface area contributed by atoms with E-state index in [0.717, 1.165) is 7.11 Å². The maximum atomic E-state index is 11.9. The molecule has 0 aliphatic carbocycles. The number of nitrogens with one attached hydrogen (secondary N) is 1. The van der Waals surface area contributed by atoms with Crippen LogP contribution in [0.15, 0.2) is 23.1 Å². The van der Waals surface area contributed by atoms with E-state index >= 15 is 0 Å². The molecule has 0 saturated carbocycles. The highest BCUT2D eigenvalue weighted by Gasteiger charge is 2.18. The Morgan fingerprint density at radius 2 is 2.17 bits per heavy atom. The summed E-state index contributed by atoms with van der Waals surface area (Å²) < 4.78 is 30.3. The lowest BCUT2D eigenvalue weighted by Crippen LogP contribution is -2.30. The summed E-state index contributed by atoms with van der Waals surface area (Å²) >= 11 is 0. The van der Waals surface area contributed by atoms with Crippen LogP contribution in [0.2, 0.25) is 0 Å². The summed E-state index contributed by atoms with van der Waals surface area (Å²) in [5.74, 6) is -0.687. The molecule has 0 radical (unpaired) electrons. The number of nitrogens with zero attached hydrogens (tertiary/aromatic N) is 1. The van der Waals surface area contributed by atoms with Gasteiger partial charge < -0.3 is 4.74 Å². The lowest BCUT2D eigenvalue weighted by atomic mass is 10.2. The fraction of sp³-hybridized carbons (Fsp3) is 0.273. The van der Waals surface area contributed by atoms with Crippen LogP contribution in [-0.2, 0) is 19.6 Å². The Labute approximate surface area is 105 Å². The number of carbonyl (C=O) groups is 1. The van der Waals surface area contributed by atoms with Crippen LogP contribution in [0.5, 0.6) is 0 Å². The average molecular weight is 268 g/mol. The number of benzene rings is 1. The van der Waals surface area contributed by atoms with E-state index in [4.69, 9.17) is 5.26 Å². The molecule has 1 aromatic carbocycles. The number of ether oxygens (including phenoxy) is 1. The summed E-state index contributed by atoms with van der Waals surface area (Å²) in [6.45, 7) is 1.16. The highest BCUT2D eigenvalue weighted by molar-refractivity contribution is 7.89. The molecule has 0 unspecified atom stereocenters. The molecule has 0 heterocycles. The van der Waals surface area contributed by atoms with Crippen molar-refractivity contribution in [1.82, 2.24) is 4.72 Å². The van der Waals surface area contributed by atoms with Crippen molar-refractivity contribution >= 4 is 16.0 Å². The van der Waals surface area contributed by atoms with E-state index in [1.165, 1.54) is 18.2 Å². The Morgan fingerprint density at radius 1 is 1.50 bits per heavy atom. The number of methoxy groups -OCH3 is 1. The van der Waals surface area contributed by atoms with E-state index < -0.39 is 22.5 Å². The second-order valence-electron chi connectivity index (χ2n) is 3.49. The Morgan fingerprint density at radius 3 is 2.72 bits per heavy atom. The molecule has 18 heavy (non-hydrogen) atoms. The van der Waals surface area contributed by atoms with Crippen molar-refractivity contribution in [3.05, 3.63) is 29.3 Å². The molecule has 1 rings (SSSR count). The van der Waals surface area contributed by atoms with E-state index in [-0.39, 0.29) is 10.5 Å². The van der Waals surface area contributed by atoms with Gasteiger partial charge in [-0.05, 0) is 24.6 Å². The van der Waals surface area contributed by atoms with Gasteiger partial charge in [0.2, 0.25) is 10.0 Å². The first-order valence-electron chi connectivity index (χ1n) is 4.98. The number of carbonyl (C=O) groups excluding carboxylic acids is 1. The summed E-state index contributed by atoms with van der Waals surface area (Å²) in [6, 6.07) is 6.17. The van der Waals surface area contributed by atoms with Gasteiger partial charge in [-0.2, -0.15) is 9.98 Å². The summed E-state index contributed by atoms with van der Waals surface area (Å²) in [6.07, 6.45) is 0. The van der Waals surface area contributed by atoms with Gasteiger partial charge in [0.15, 0.2) is 0 Å². The molecule has 96 valence electrons. The van der Waals surface area contributed by atoms with Crippen molar-refractivity contribution in [3.63, 3.8) is 0 Å². The van der Waals surface area contributed by atoms with Crippen molar-refractivity contribution in [2.24, 2.45) is 0 Å². The second kappa shape index (κ2) is 5.62. The second-order valence-corrected chi connectivity index (χ2v) is 5.23. The predicted molar refractivity (Wildman–Crippen MR) is 63.1 cm³/mol. The summed E-state index contributed by atoms with van der Waals surface area (Å²) in [4.78, 5) is 10.9. The Hall–Kier alpha value is -1.91. The molecule has 1 N–H and O–H groups in total. The zero-order valence-electron chi connectivity index (χ0n) is 9.93. The van der Waals surface area contributed by atoms with E-state index in [2.05, 4.69) is 9.46 Å². The van der Waals surface area contributed by atoms with E-state index in [9.17, 15) is 13.2 Å². The molecule has 6 nitrogen and oxygen atoms in total. The standard InChI is InChI=1S/C11H12N2O4S/c1-8-3-4-9(6-12)5-10(8)18(15,16)13-7-11(14)17-2/h3-5,13H,7H2,1-2H3. The molecular formula is C11H12N2O4S. The maximum absolute atomic E-state index is 11.9. The van der Waals surface area contributed by atoms with Gasteiger partial charge in [-0.1, -0.05) is 6.07 Å². The topological polar surface area (TPSA) is 96.3 Å². The number of nitriles is 1. The third kappa shape index (κ3) is 3.29. The Kier molecular flexibility index (Phi) is 4.42. The Bertz CT molecular complexity index is 602. The molecule has 0 fully saturated rings. The van der Waals surface area contributed by atoms with E-state index in [0.29, 0.717) is 5.56 Å². The monoisotopic (exact) mass is 268 g/mol.